The van der Waals surface area contributed by atoms with Crippen molar-refractivity contribution in [3.8, 4) is 0 Å². The molecule has 19 heavy (non-hydrogen) atoms. The first kappa shape index (κ1) is 13.3. The average molecular weight is 264 g/mol. The molecule has 1 fully saturated rings. The molecule has 0 unspecified atom stereocenters. The topological polar surface area (TPSA) is 83.7 Å². The minimum absolute atomic E-state index is 0.0593. The van der Waals surface area contributed by atoms with E-state index in [0.717, 1.165) is 5.69 Å². The Morgan fingerprint density at radius 3 is 2.58 bits per heavy atom. The maximum atomic E-state index is 11.2. The standard InChI is InChI=1S/C13H16N2O4/c1-13(12(16)17)5-7-14(8-6-13)10-3-2-4-11(9-10)15(18)19/h2-4,9H,5-8H2,1H3,(H,16,17). The van der Waals surface area contributed by atoms with E-state index in [1.165, 1.54) is 12.1 Å². The SMILES string of the molecule is CC1(C(=O)O)CCN(c2cccc([N+](=O)[O-])c2)CC1. The number of non-ortho nitro benzene ring substituents is 1. The predicted molar refractivity (Wildman–Crippen MR) is 70.3 cm³/mol. The largest absolute Gasteiger partial charge is 0.481 e. The Bertz CT molecular complexity index is 507. The normalized spacial score (nSPS) is 18.1. The van der Waals surface area contributed by atoms with Crippen molar-refractivity contribution in [2.75, 3.05) is 18.0 Å². The molecule has 0 spiro atoms. The number of nitrogens with zero attached hydrogens (tertiary/aromatic N) is 2. The third kappa shape index (κ3) is 2.67. The Kier molecular flexibility index (Phi) is 3.42. The number of nitro benzene ring substituents is 1. The average Bonchev–Trinajstić information content (AvgIpc) is 2.39. The summed E-state index contributed by atoms with van der Waals surface area (Å²) in [6.45, 7) is 2.95. The van der Waals surface area contributed by atoms with Gasteiger partial charge >= 0.3 is 5.97 Å². The van der Waals surface area contributed by atoms with Crippen LogP contribution in [-0.4, -0.2) is 29.1 Å². The zero-order valence-corrected chi connectivity index (χ0v) is 10.7. The van der Waals surface area contributed by atoms with Crippen molar-refractivity contribution in [3.63, 3.8) is 0 Å². The molecule has 1 saturated heterocycles. The van der Waals surface area contributed by atoms with E-state index < -0.39 is 16.3 Å². The lowest BCUT2D eigenvalue weighted by molar-refractivity contribution is -0.384. The summed E-state index contributed by atoms with van der Waals surface area (Å²) < 4.78 is 0. The quantitative estimate of drug-likeness (QED) is 0.668. The van der Waals surface area contributed by atoms with E-state index in [0.29, 0.717) is 25.9 Å². The van der Waals surface area contributed by atoms with Gasteiger partial charge in [-0.2, -0.15) is 0 Å². The third-order valence-corrected chi connectivity index (χ3v) is 3.79. The zero-order valence-electron chi connectivity index (χ0n) is 10.7. The number of hydrogen-bond acceptors (Lipinski definition) is 4. The fourth-order valence-electron chi connectivity index (χ4n) is 2.28. The molecular formula is C13H16N2O4. The van der Waals surface area contributed by atoms with E-state index in [2.05, 4.69) is 0 Å². The molecule has 0 bridgehead atoms. The molecule has 0 aliphatic carbocycles. The number of carboxylic acid groups (broad SMARTS) is 1. The maximum Gasteiger partial charge on any atom is 0.309 e. The summed E-state index contributed by atoms with van der Waals surface area (Å²) in [4.78, 5) is 23.5. The second kappa shape index (κ2) is 4.87. The van der Waals surface area contributed by atoms with E-state index >= 15 is 0 Å². The molecule has 0 aromatic heterocycles. The lowest BCUT2D eigenvalue weighted by atomic mass is 9.80. The molecule has 0 saturated carbocycles. The third-order valence-electron chi connectivity index (χ3n) is 3.79. The van der Waals surface area contributed by atoms with E-state index in [9.17, 15) is 14.9 Å². The second-order valence-electron chi connectivity index (χ2n) is 5.13. The van der Waals surface area contributed by atoms with Crippen LogP contribution in [0.5, 0.6) is 0 Å². The first-order valence-electron chi connectivity index (χ1n) is 6.15. The number of aliphatic carboxylic acids is 1. The number of piperidine rings is 1. The highest BCUT2D eigenvalue weighted by atomic mass is 16.6. The van der Waals surface area contributed by atoms with Crippen LogP contribution >= 0.6 is 0 Å². The molecule has 1 aromatic rings. The summed E-state index contributed by atoms with van der Waals surface area (Å²) in [6.07, 6.45) is 1.09. The highest BCUT2D eigenvalue weighted by Crippen LogP contribution is 2.33. The number of hydrogen-bond donors (Lipinski definition) is 1. The summed E-state index contributed by atoms with van der Waals surface area (Å²) in [5.74, 6) is -0.772. The maximum absolute atomic E-state index is 11.2. The number of carboxylic acids is 1. The van der Waals surface area contributed by atoms with Crippen LogP contribution in [0.2, 0.25) is 0 Å². The van der Waals surface area contributed by atoms with Gasteiger partial charge in [-0.3, -0.25) is 14.9 Å². The van der Waals surface area contributed by atoms with Crippen LogP contribution in [0.3, 0.4) is 0 Å². The number of rotatable bonds is 3. The molecule has 1 aromatic carbocycles. The molecule has 0 radical (unpaired) electrons. The monoisotopic (exact) mass is 264 g/mol. The van der Waals surface area contributed by atoms with Gasteiger partial charge in [0.1, 0.15) is 0 Å². The van der Waals surface area contributed by atoms with Crippen LogP contribution in [0.1, 0.15) is 19.8 Å². The van der Waals surface area contributed by atoms with Gasteiger partial charge in [0.05, 0.1) is 10.3 Å². The van der Waals surface area contributed by atoms with Gasteiger partial charge in [-0.1, -0.05) is 6.07 Å². The molecule has 0 atom stereocenters. The van der Waals surface area contributed by atoms with Gasteiger partial charge in [-0.05, 0) is 25.8 Å². The highest BCUT2D eigenvalue weighted by Gasteiger charge is 2.36. The second-order valence-corrected chi connectivity index (χ2v) is 5.13. The molecule has 0 amide bonds. The van der Waals surface area contributed by atoms with Crippen molar-refractivity contribution in [3.05, 3.63) is 34.4 Å². The lowest BCUT2D eigenvalue weighted by Gasteiger charge is -2.37. The van der Waals surface area contributed by atoms with Crippen molar-refractivity contribution in [2.24, 2.45) is 5.41 Å². The van der Waals surface area contributed by atoms with Crippen LogP contribution < -0.4 is 4.90 Å². The van der Waals surface area contributed by atoms with Crippen molar-refractivity contribution >= 4 is 17.3 Å². The van der Waals surface area contributed by atoms with Crippen molar-refractivity contribution in [2.45, 2.75) is 19.8 Å². The molecular weight excluding hydrogens is 248 g/mol. The molecule has 1 aliphatic rings. The fraction of sp³-hybridized carbons (Fsp3) is 0.462. The van der Waals surface area contributed by atoms with Gasteiger partial charge in [0.2, 0.25) is 0 Å². The van der Waals surface area contributed by atoms with E-state index in [-0.39, 0.29) is 5.69 Å². The number of benzene rings is 1. The minimum atomic E-state index is -0.772. The Morgan fingerprint density at radius 2 is 2.05 bits per heavy atom. The molecule has 1 N–H and O–H groups in total. The van der Waals surface area contributed by atoms with Crippen LogP contribution in [0.25, 0.3) is 0 Å². The van der Waals surface area contributed by atoms with Gasteiger partial charge in [0, 0.05) is 30.9 Å². The number of anilines is 1. The van der Waals surface area contributed by atoms with Crippen LogP contribution in [-0.2, 0) is 4.79 Å². The van der Waals surface area contributed by atoms with Crippen LogP contribution in [0.4, 0.5) is 11.4 Å². The number of nitro groups is 1. The number of carbonyl (C=O) groups is 1. The predicted octanol–water partition coefficient (Wildman–Crippen LogP) is 2.29. The van der Waals surface area contributed by atoms with E-state index in [1.807, 2.05) is 11.0 Å². The first-order valence-corrected chi connectivity index (χ1v) is 6.15. The summed E-state index contributed by atoms with van der Waals surface area (Å²) >= 11 is 0. The summed E-state index contributed by atoms with van der Waals surface area (Å²) in [7, 11) is 0. The lowest BCUT2D eigenvalue weighted by Crippen LogP contribution is -2.42. The fourth-order valence-corrected chi connectivity index (χ4v) is 2.28. The highest BCUT2D eigenvalue weighted by molar-refractivity contribution is 5.74. The van der Waals surface area contributed by atoms with E-state index in [1.54, 1.807) is 13.0 Å². The van der Waals surface area contributed by atoms with Crippen molar-refractivity contribution in [1.29, 1.82) is 0 Å². The van der Waals surface area contributed by atoms with Crippen LogP contribution in [0.15, 0.2) is 24.3 Å². The molecule has 1 heterocycles. The van der Waals surface area contributed by atoms with Gasteiger partial charge in [-0.15, -0.1) is 0 Å². The molecule has 1 aliphatic heterocycles. The van der Waals surface area contributed by atoms with Crippen molar-refractivity contribution < 1.29 is 14.8 Å². The molecule has 102 valence electrons. The summed E-state index contributed by atoms with van der Waals surface area (Å²) in [5.41, 5.74) is 0.155. The smallest absolute Gasteiger partial charge is 0.309 e. The van der Waals surface area contributed by atoms with Gasteiger partial charge in [-0.25, -0.2) is 0 Å². The summed E-state index contributed by atoms with van der Waals surface area (Å²) in [5, 5.41) is 19.9. The van der Waals surface area contributed by atoms with E-state index in [4.69, 9.17) is 5.11 Å². The van der Waals surface area contributed by atoms with Crippen molar-refractivity contribution in [1.82, 2.24) is 0 Å². The first-order chi connectivity index (χ1) is 8.92. The van der Waals surface area contributed by atoms with Gasteiger partial charge in [0.15, 0.2) is 0 Å². The Morgan fingerprint density at radius 1 is 1.42 bits per heavy atom. The molecule has 6 heteroatoms. The van der Waals surface area contributed by atoms with Gasteiger partial charge < -0.3 is 10.0 Å². The summed E-state index contributed by atoms with van der Waals surface area (Å²) in [6, 6.07) is 6.45. The Hall–Kier alpha value is -2.11. The van der Waals surface area contributed by atoms with Crippen LogP contribution in [0, 0.1) is 15.5 Å². The molecule has 6 nitrogen and oxygen atoms in total. The van der Waals surface area contributed by atoms with Gasteiger partial charge in [0.25, 0.3) is 5.69 Å². The zero-order chi connectivity index (χ0) is 14.0. The Balaban J connectivity index is 2.12. The minimum Gasteiger partial charge on any atom is -0.481 e. The molecule has 2 rings (SSSR count). The Labute approximate surface area is 110 Å².